The summed E-state index contributed by atoms with van der Waals surface area (Å²) in [5.74, 6) is 1.45. The van der Waals surface area contributed by atoms with Crippen LogP contribution < -0.4 is 10.1 Å². The second-order valence-corrected chi connectivity index (χ2v) is 5.25. The number of likely N-dealkylation sites (N-methyl/N-ethyl adjacent to an activating group) is 1. The van der Waals surface area contributed by atoms with Crippen LogP contribution in [0, 0.1) is 0 Å². The van der Waals surface area contributed by atoms with E-state index in [-0.39, 0.29) is 5.91 Å². The van der Waals surface area contributed by atoms with Gasteiger partial charge in [-0.3, -0.25) is 4.79 Å². The lowest BCUT2D eigenvalue weighted by molar-refractivity contribution is -0.123. The molecule has 0 aliphatic heterocycles. The van der Waals surface area contributed by atoms with Crippen LogP contribution in [0.1, 0.15) is 25.5 Å². The van der Waals surface area contributed by atoms with Crippen LogP contribution in [-0.2, 0) is 10.2 Å². The number of rotatable bonds is 5. The zero-order valence-electron chi connectivity index (χ0n) is 12.2. The third-order valence-electron chi connectivity index (χ3n) is 3.88. The van der Waals surface area contributed by atoms with E-state index in [2.05, 4.69) is 10.5 Å². The molecule has 3 rings (SSSR count). The maximum absolute atomic E-state index is 12.2. The van der Waals surface area contributed by atoms with Gasteiger partial charge in [0.25, 0.3) is 0 Å². The van der Waals surface area contributed by atoms with E-state index in [0.717, 1.165) is 24.2 Å². The molecule has 1 aromatic carbocycles. The van der Waals surface area contributed by atoms with Gasteiger partial charge in [0, 0.05) is 18.2 Å². The molecule has 0 unspecified atom stereocenters. The number of carbonyl (C=O) groups excluding carboxylic acids is 1. The molecular formula is C16H18N2O3. The number of nitrogens with one attached hydrogen (secondary N) is 1. The third kappa shape index (κ3) is 2.39. The fourth-order valence-electron chi connectivity index (χ4n) is 2.47. The number of benzene rings is 1. The summed E-state index contributed by atoms with van der Waals surface area (Å²) in [6.45, 7) is 2.54. The third-order valence-corrected chi connectivity index (χ3v) is 3.88. The van der Waals surface area contributed by atoms with Crippen molar-refractivity contribution in [3.05, 3.63) is 36.0 Å². The van der Waals surface area contributed by atoms with Crippen molar-refractivity contribution in [2.45, 2.75) is 25.2 Å². The highest BCUT2D eigenvalue weighted by atomic mass is 16.5. The lowest BCUT2D eigenvalue weighted by atomic mass is 10.0. The summed E-state index contributed by atoms with van der Waals surface area (Å²) in [4.78, 5) is 12.2. The van der Waals surface area contributed by atoms with Gasteiger partial charge in [-0.15, -0.1) is 0 Å². The average molecular weight is 286 g/mol. The van der Waals surface area contributed by atoms with Gasteiger partial charge in [-0.2, -0.15) is 0 Å². The minimum atomic E-state index is -0.489. The number of aromatic nitrogens is 1. The molecule has 0 bridgehead atoms. The minimum Gasteiger partial charge on any atom is -0.497 e. The van der Waals surface area contributed by atoms with Crippen molar-refractivity contribution in [3.63, 3.8) is 0 Å². The second kappa shape index (κ2) is 5.24. The Bertz CT molecular complexity index is 659. The van der Waals surface area contributed by atoms with Crippen molar-refractivity contribution in [2.24, 2.45) is 0 Å². The van der Waals surface area contributed by atoms with E-state index in [4.69, 9.17) is 9.26 Å². The van der Waals surface area contributed by atoms with E-state index in [9.17, 15) is 4.79 Å². The highest BCUT2D eigenvalue weighted by molar-refractivity contribution is 5.90. The monoisotopic (exact) mass is 286 g/mol. The zero-order valence-corrected chi connectivity index (χ0v) is 12.2. The van der Waals surface area contributed by atoms with Crippen molar-refractivity contribution in [2.75, 3.05) is 13.7 Å². The molecular weight excluding hydrogens is 268 g/mol. The van der Waals surface area contributed by atoms with E-state index in [1.165, 1.54) is 0 Å². The van der Waals surface area contributed by atoms with Gasteiger partial charge in [0.2, 0.25) is 5.91 Å². The van der Waals surface area contributed by atoms with Gasteiger partial charge in [0.15, 0.2) is 5.76 Å². The number of amides is 1. The minimum absolute atomic E-state index is 0.0375. The fourth-order valence-corrected chi connectivity index (χ4v) is 2.47. The number of hydrogen-bond acceptors (Lipinski definition) is 4. The molecule has 1 aliphatic rings. The maximum atomic E-state index is 12.2. The van der Waals surface area contributed by atoms with E-state index < -0.39 is 5.41 Å². The van der Waals surface area contributed by atoms with Gasteiger partial charge in [-0.1, -0.05) is 17.3 Å². The van der Waals surface area contributed by atoms with Gasteiger partial charge in [0.1, 0.15) is 5.75 Å². The Kier molecular flexibility index (Phi) is 3.41. The fraction of sp³-hybridized carbons (Fsp3) is 0.375. The van der Waals surface area contributed by atoms with Gasteiger partial charge in [-0.05, 0) is 31.9 Å². The topological polar surface area (TPSA) is 64.4 Å². The van der Waals surface area contributed by atoms with Gasteiger partial charge < -0.3 is 14.6 Å². The molecule has 1 fully saturated rings. The summed E-state index contributed by atoms with van der Waals surface area (Å²) >= 11 is 0. The lowest BCUT2D eigenvalue weighted by Gasteiger charge is -2.10. The molecule has 1 N–H and O–H groups in total. The van der Waals surface area contributed by atoms with Crippen LogP contribution in [0.3, 0.4) is 0 Å². The van der Waals surface area contributed by atoms with Gasteiger partial charge in [0.05, 0.1) is 18.2 Å². The second-order valence-electron chi connectivity index (χ2n) is 5.25. The van der Waals surface area contributed by atoms with E-state index >= 15 is 0 Å². The molecule has 1 heterocycles. The molecule has 5 heteroatoms. The Balaban J connectivity index is 1.88. The first-order valence-corrected chi connectivity index (χ1v) is 7.09. The van der Waals surface area contributed by atoms with Gasteiger partial charge >= 0.3 is 0 Å². The Labute approximate surface area is 123 Å². The Morgan fingerprint density at radius 3 is 2.90 bits per heavy atom. The average Bonchev–Trinajstić information content (AvgIpc) is 3.18. The number of hydrogen-bond donors (Lipinski definition) is 1. The first-order valence-electron chi connectivity index (χ1n) is 7.09. The Morgan fingerprint density at radius 2 is 2.24 bits per heavy atom. The summed E-state index contributed by atoms with van der Waals surface area (Å²) in [5, 5.41) is 6.98. The first kappa shape index (κ1) is 13.7. The smallest absolute Gasteiger partial charge is 0.232 e. The van der Waals surface area contributed by atoms with E-state index in [1.54, 1.807) is 7.11 Å². The summed E-state index contributed by atoms with van der Waals surface area (Å²) in [5.41, 5.74) is 1.11. The molecule has 2 aromatic rings. The molecule has 1 aliphatic carbocycles. The summed E-state index contributed by atoms with van der Waals surface area (Å²) < 4.78 is 10.6. The molecule has 110 valence electrons. The number of carbonyl (C=O) groups is 1. The molecule has 1 amide bonds. The van der Waals surface area contributed by atoms with Gasteiger partial charge in [-0.25, -0.2) is 0 Å². The molecule has 1 aromatic heterocycles. The standard InChI is InChI=1S/C16H18N2O3/c1-3-17-15(19)16(7-8-16)14-10-13(21-18-14)11-5-4-6-12(9-11)20-2/h4-6,9-10H,3,7-8H2,1-2H3,(H,17,19). The quantitative estimate of drug-likeness (QED) is 0.917. The predicted molar refractivity (Wildman–Crippen MR) is 78.1 cm³/mol. The SMILES string of the molecule is CCNC(=O)C1(c2cc(-c3cccc(OC)c3)on2)CC1. The zero-order chi connectivity index (χ0) is 14.9. The molecule has 5 nitrogen and oxygen atoms in total. The number of methoxy groups -OCH3 is 1. The van der Waals surface area contributed by atoms with Crippen molar-refractivity contribution in [3.8, 4) is 17.1 Å². The highest BCUT2D eigenvalue weighted by Gasteiger charge is 2.53. The van der Waals surface area contributed by atoms with Crippen LogP contribution in [0.5, 0.6) is 5.75 Å². The van der Waals surface area contributed by atoms with E-state index in [1.807, 2.05) is 37.3 Å². The lowest BCUT2D eigenvalue weighted by Crippen LogP contribution is -2.34. The molecule has 0 radical (unpaired) electrons. The Hall–Kier alpha value is -2.30. The largest absolute Gasteiger partial charge is 0.497 e. The molecule has 0 atom stereocenters. The first-order chi connectivity index (χ1) is 10.2. The molecule has 0 saturated heterocycles. The van der Waals surface area contributed by atoms with Crippen molar-refractivity contribution in [1.29, 1.82) is 0 Å². The van der Waals surface area contributed by atoms with E-state index in [0.29, 0.717) is 18.0 Å². The van der Waals surface area contributed by atoms with Crippen LogP contribution in [0.4, 0.5) is 0 Å². The predicted octanol–water partition coefficient (Wildman–Crippen LogP) is 2.52. The molecule has 21 heavy (non-hydrogen) atoms. The summed E-state index contributed by atoms with van der Waals surface area (Å²) in [6.07, 6.45) is 1.64. The van der Waals surface area contributed by atoms with Crippen LogP contribution in [0.25, 0.3) is 11.3 Å². The van der Waals surface area contributed by atoms with Crippen LogP contribution in [0.2, 0.25) is 0 Å². The maximum Gasteiger partial charge on any atom is 0.232 e. The van der Waals surface area contributed by atoms with Crippen molar-refractivity contribution in [1.82, 2.24) is 10.5 Å². The van der Waals surface area contributed by atoms with Crippen molar-refractivity contribution < 1.29 is 14.1 Å². The highest BCUT2D eigenvalue weighted by Crippen LogP contribution is 2.48. The Morgan fingerprint density at radius 1 is 1.43 bits per heavy atom. The van der Waals surface area contributed by atoms with Crippen LogP contribution >= 0.6 is 0 Å². The summed E-state index contributed by atoms with van der Waals surface area (Å²) in [7, 11) is 1.62. The summed E-state index contributed by atoms with van der Waals surface area (Å²) in [6, 6.07) is 9.44. The number of nitrogens with zero attached hydrogens (tertiary/aromatic N) is 1. The normalized spacial score (nSPS) is 15.5. The number of ether oxygens (including phenoxy) is 1. The van der Waals surface area contributed by atoms with Crippen molar-refractivity contribution >= 4 is 5.91 Å². The van der Waals surface area contributed by atoms with Crippen LogP contribution in [0.15, 0.2) is 34.9 Å². The molecule has 1 saturated carbocycles. The molecule has 0 spiro atoms. The van der Waals surface area contributed by atoms with Crippen LogP contribution in [-0.4, -0.2) is 24.7 Å².